The molecule has 0 aliphatic carbocycles. The van der Waals surface area contributed by atoms with Crippen LogP contribution >= 0.6 is 0 Å². The number of aliphatic imine (C=N–C) groups is 1. The molecule has 0 amide bonds. The first-order valence-electron chi connectivity index (χ1n) is 11.2. The Bertz CT molecular complexity index is 864. The number of rotatable bonds is 9. The van der Waals surface area contributed by atoms with Gasteiger partial charge >= 0.3 is 0 Å². The maximum Gasteiger partial charge on any atom is 0.191 e. The molecule has 7 heteroatoms. The van der Waals surface area contributed by atoms with Crippen molar-refractivity contribution in [2.45, 2.75) is 31.8 Å². The topological polar surface area (TPSA) is 67.4 Å². The van der Waals surface area contributed by atoms with E-state index in [2.05, 4.69) is 32.7 Å². The molecule has 1 aliphatic rings. The molecule has 0 saturated carbocycles. The van der Waals surface area contributed by atoms with Crippen LogP contribution in [0.25, 0.3) is 0 Å². The number of ether oxygens (including phenoxy) is 3. The van der Waals surface area contributed by atoms with Gasteiger partial charge in [-0.3, -0.25) is 9.89 Å². The summed E-state index contributed by atoms with van der Waals surface area (Å²) < 4.78 is 16.3. The van der Waals surface area contributed by atoms with Gasteiger partial charge in [0.15, 0.2) is 17.5 Å². The monoisotopic (exact) mass is 440 g/mol. The molecular formula is C25H36N4O3. The molecule has 1 heterocycles. The summed E-state index contributed by atoms with van der Waals surface area (Å²) in [6.07, 6.45) is 3.80. The molecule has 2 aromatic rings. The fraction of sp³-hybridized carbons (Fsp3) is 0.480. The molecule has 2 N–H and O–H groups in total. The van der Waals surface area contributed by atoms with E-state index < -0.39 is 0 Å². The molecular weight excluding hydrogens is 404 g/mol. The first-order chi connectivity index (χ1) is 15.7. The summed E-state index contributed by atoms with van der Waals surface area (Å²) in [6, 6.07) is 14.6. The average molecular weight is 441 g/mol. The molecule has 0 bridgehead atoms. The molecule has 1 aliphatic heterocycles. The van der Waals surface area contributed by atoms with Crippen molar-refractivity contribution in [2.24, 2.45) is 4.99 Å². The fourth-order valence-corrected chi connectivity index (χ4v) is 4.20. The molecule has 1 fully saturated rings. The Labute approximate surface area is 191 Å². The smallest absolute Gasteiger partial charge is 0.191 e. The summed E-state index contributed by atoms with van der Waals surface area (Å²) in [5, 5.41) is 6.93. The van der Waals surface area contributed by atoms with E-state index in [-0.39, 0.29) is 6.04 Å². The lowest BCUT2D eigenvalue weighted by Gasteiger charge is -2.35. The number of nitrogens with zero attached hydrogens (tertiary/aromatic N) is 2. The van der Waals surface area contributed by atoms with E-state index in [0.29, 0.717) is 6.54 Å². The molecule has 1 saturated heterocycles. The van der Waals surface area contributed by atoms with Crippen molar-refractivity contribution in [3.8, 4) is 17.2 Å². The molecule has 0 radical (unpaired) electrons. The van der Waals surface area contributed by atoms with Gasteiger partial charge in [-0.1, -0.05) is 30.7 Å². The van der Waals surface area contributed by atoms with Gasteiger partial charge < -0.3 is 24.8 Å². The van der Waals surface area contributed by atoms with E-state index in [1.54, 1.807) is 28.4 Å². The van der Waals surface area contributed by atoms with Gasteiger partial charge in [-0.2, -0.15) is 0 Å². The third-order valence-corrected chi connectivity index (χ3v) is 5.95. The highest BCUT2D eigenvalue weighted by Gasteiger charge is 2.22. The molecule has 1 unspecified atom stereocenters. The van der Waals surface area contributed by atoms with Crippen molar-refractivity contribution >= 4 is 5.96 Å². The van der Waals surface area contributed by atoms with Crippen LogP contribution in [0.3, 0.4) is 0 Å². The van der Waals surface area contributed by atoms with Gasteiger partial charge in [0.2, 0.25) is 0 Å². The van der Waals surface area contributed by atoms with Crippen molar-refractivity contribution in [3.63, 3.8) is 0 Å². The summed E-state index contributed by atoms with van der Waals surface area (Å²) >= 11 is 0. The highest BCUT2D eigenvalue weighted by atomic mass is 16.5. The Balaban J connectivity index is 1.67. The van der Waals surface area contributed by atoms with Crippen LogP contribution in [-0.4, -0.2) is 58.9 Å². The zero-order chi connectivity index (χ0) is 22.8. The SMILES string of the molecule is CN=C(NCc1cccc(OC)c1OC)NCC(c1ccc(OC)cc1)N1CCCCC1. The number of likely N-dealkylation sites (tertiary alicyclic amines) is 1. The maximum atomic E-state index is 5.55. The van der Waals surface area contributed by atoms with Gasteiger partial charge in [0.1, 0.15) is 5.75 Å². The standard InChI is InChI=1S/C25H36N4O3/c1-26-25(27-17-20-9-8-10-23(31-3)24(20)32-4)28-18-22(29-15-6-5-7-16-29)19-11-13-21(30-2)14-12-19/h8-14,22H,5-7,15-18H2,1-4H3,(H2,26,27,28). The van der Waals surface area contributed by atoms with Crippen LogP contribution in [-0.2, 0) is 6.54 Å². The minimum absolute atomic E-state index is 0.270. The predicted molar refractivity (Wildman–Crippen MR) is 129 cm³/mol. The molecule has 174 valence electrons. The van der Waals surface area contributed by atoms with E-state index in [9.17, 15) is 0 Å². The Morgan fingerprint density at radius 1 is 0.938 bits per heavy atom. The number of hydrogen-bond donors (Lipinski definition) is 2. The van der Waals surface area contributed by atoms with Gasteiger partial charge in [0.05, 0.1) is 27.4 Å². The Morgan fingerprint density at radius 2 is 1.69 bits per heavy atom. The van der Waals surface area contributed by atoms with E-state index in [0.717, 1.165) is 48.4 Å². The van der Waals surface area contributed by atoms with Gasteiger partial charge in [-0.25, -0.2) is 0 Å². The van der Waals surface area contributed by atoms with Crippen molar-refractivity contribution in [1.82, 2.24) is 15.5 Å². The van der Waals surface area contributed by atoms with Crippen LogP contribution in [0.4, 0.5) is 0 Å². The van der Waals surface area contributed by atoms with Crippen LogP contribution in [0.1, 0.15) is 36.4 Å². The Kier molecular flexibility index (Phi) is 9.04. The molecule has 3 rings (SSSR count). The summed E-state index contributed by atoms with van der Waals surface area (Å²) in [4.78, 5) is 6.99. The van der Waals surface area contributed by atoms with E-state index in [4.69, 9.17) is 14.2 Å². The first-order valence-corrected chi connectivity index (χ1v) is 11.2. The summed E-state index contributed by atoms with van der Waals surface area (Å²) in [7, 11) is 6.80. The third-order valence-electron chi connectivity index (χ3n) is 5.95. The minimum atomic E-state index is 0.270. The number of nitrogens with one attached hydrogen (secondary N) is 2. The van der Waals surface area contributed by atoms with E-state index >= 15 is 0 Å². The summed E-state index contributed by atoms with van der Waals surface area (Å²) in [5.74, 6) is 3.09. The molecule has 2 aromatic carbocycles. The van der Waals surface area contributed by atoms with Crippen LogP contribution in [0.2, 0.25) is 0 Å². The highest BCUT2D eigenvalue weighted by Crippen LogP contribution is 2.30. The number of benzene rings is 2. The summed E-state index contributed by atoms with van der Waals surface area (Å²) in [6.45, 7) is 3.58. The second kappa shape index (κ2) is 12.2. The van der Waals surface area contributed by atoms with Gasteiger partial charge in [-0.15, -0.1) is 0 Å². The lowest BCUT2D eigenvalue weighted by molar-refractivity contribution is 0.164. The molecule has 0 aromatic heterocycles. The number of hydrogen-bond acceptors (Lipinski definition) is 5. The molecule has 0 spiro atoms. The predicted octanol–water partition coefficient (Wildman–Crippen LogP) is 3.60. The molecule has 32 heavy (non-hydrogen) atoms. The van der Waals surface area contributed by atoms with Gasteiger partial charge in [0.25, 0.3) is 0 Å². The fourth-order valence-electron chi connectivity index (χ4n) is 4.20. The van der Waals surface area contributed by atoms with Crippen molar-refractivity contribution in [2.75, 3.05) is 48.0 Å². The number of guanidine groups is 1. The van der Waals surface area contributed by atoms with Crippen LogP contribution in [0.5, 0.6) is 17.2 Å². The quantitative estimate of drug-likeness (QED) is 0.459. The second-order valence-corrected chi connectivity index (χ2v) is 7.84. The molecule has 1 atom stereocenters. The van der Waals surface area contributed by atoms with Crippen molar-refractivity contribution in [3.05, 3.63) is 53.6 Å². The van der Waals surface area contributed by atoms with Crippen LogP contribution < -0.4 is 24.8 Å². The van der Waals surface area contributed by atoms with Crippen molar-refractivity contribution < 1.29 is 14.2 Å². The highest BCUT2D eigenvalue weighted by molar-refractivity contribution is 5.79. The van der Waals surface area contributed by atoms with Gasteiger partial charge in [0, 0.05) is 25.7 Å². The normalized spacial score (nSPS) is 15.7. The lowest BCUT2D eigenvalue weighted by atomic mass is 10.0. The first kappa shape index (κ1) is 23.7. The third kappa shape index (κ3) is 6.07. The zero-order valence-electron chi connectivity index (χ0n) is 19.7. The van der Waals surface area contributed by atoms with E-state index in [1.165, 1.54) is 24.8 Å². The molecule has 7 nitrogen and oxygen atoms in total. The maximum absolute atomic E-state index is 5.55. The largest absolute Gasteiger partial charge is 0.497 e. The lowest BCUT2D eigenvalue weighted by Crippen LogP contribution is -2.44. The van der Waals surface area contributed by atoms with Crippen molar-refractivity contribution in [1.29, 1.82) is 0 Å². The Hall–Kier alpha value is -2.93. The van der Waals surface area contributed by atoms with E-state index in [1.807, 2.05) is 30.3 Å². The zero-order valence-corrected chi connectivity index (χ0v) is 19.7. The number of methoxy groups -OCH3 is 3. The number of para-hydroxylation sites is 1. The summed E-state index contributed by atoms with van der Waals surface area (Å²) in [5.41, 5.74) is 2.29. The number of piperidine rings is 1. The van der Waals surface area contributed by atoms with Crippen LogP contribution in [0.15, 0.2) is 47.5 Å². The van der Waals surface area contributed by atoms with Crippen LogP contribution in [0, 0.1) is 0 Å². The minimum Gasteiger partial charge on any atom is -0.497 e. The van der Waals surface area contributed by atoms with Gasteiger partial charge in [-0.05, 0) is 49.7 Å². The average Bonchev–Trinajstić information content (AvgIpc) is 2.86. The Morgan fingerprint density at radius 3 is 2.31 bits per heavy atom. The second-order valence-electron chi connectivity index (χ2n) is 7.84.